The highest BCUT2D eigenvalue weighted by molar-refractivity contribution is 14.0. The molecule has 26 heavy (non-hydrogen) atoms. The first kappa shape index (κ1) is 21.8. The van der Waals surface area contributed by atoms with E-state index < -0.39 is 17.6 Å². The van der Waals surface area contributed by atoms with Gasteiger partial charge in [0.05, 0.1) is 12.7 Å². The van der Waals surface area contributed by atoms with E-state index in [1.807, 2.05) is 0 Å². The Morgan fingerprint density at radius 2 is 1.73 bits per heavy atom. The number of halogens is 3. The molecule has 5 nitrogen and oxygen atoms in total. The Morgan fingerprint density at radius 3 is 2.35 bits per heavy atom. The number of nitrogens with one attached hydrogen (secondary N) is 2. The zero-order valence-electron chi connectivity index (χ0n) is 14.4. The highest BCUT2D eigenvalue weighted by Crippen LogP contribution is 2.09. The highest BCUT2D eigenvalue weighted by Gasteiger charge is 2.06. The molecule has 2 N–H and O–H groups in total. The Kier molecular flexibility index (Phi) is 8.97. The lowest BCUT2D eigenvalue weighted by Crippen LogP contribution is -2.36. The van der Waals surface area contributed by atoms with Crippen LogP contribution in [-0.4, -0.2) is 26.1 Å². The number of ether oxygens (including phenoxy) is 1. The predicted molar refractivity (Wildman–Crippen MR) is 107 cm³/mol. The summed E-state index contributed by atoms with van der Waals surface area (Å²) in [5.74, 6) is -0.926. The maximum absolute atomic E-state index is 13.6. The van der Waals surface area contributed by atoms with Gasteiger partial charge in [0.25, 0.3) is 0 Å². The van der Waals surface area contributed by atoms with Gasteiger partial charge in [-0.25, -0.2) is 13.6 Å². The third-order valence-electron chi connectivity index (χ3n) is 3.51. The van der Waals surface area contributed by atoms with E-state index in [-0.39, 0.29) is 36.1 Å². The minimum atomic E-state index is -0.494. The number of guanidine groups is 1. The van der Waals surface area contributed by atoms with E-state index in [0.29, 0.717) is 18.1 Å². The summed E-state index contributed by atoms with van der Waals surface area (Å²) in [6.45, 7) is 0.553. The fourth-order valence-corrected chi connectivity index (χ4v) is 2.14. The van der Waals surface area contributed by atoms with E-state index in [4.69, 9.17) is 0 Å². The lowest BCUT2D eigenvalue weighted by Gasteiger charge is -2.12. The molecule has 0 saturated heterocycles. The second-order valence-corrected chi connectivity index (χ2v) is 5.20. The van der Waals surface area contributed by atoms with E-state index >= 15 is 0 Å². The molecule has 8 heteroatoms. The highest BCUT2D eigenvalue weighted by atomic mass is 127. The van der Waals surface area contributed by atoms with Crippen LogP contribution in [0.2, 0.25) is 0 Å². The number of hydrogen-bond donors (Lipinski definition) is 2. The number of carbonyl (C=O) groups excluding carboxylic acids is 1. The standard InChI is InChI=1S/C18H19F2N3O2.HI/c1-21-18(23-11-14-9-15(19)7-8-16(14)20)22-10-12-3-5-13(6-4-12)17(24)25-2;/h3-9H,10-11H2,1-2H3,(H2,21,22,23);1H. The first-order valence-electron chi connectivity index (χ1n) is 7.59. The number of methoxy groups -OCH3 is 1. The van der Waals surface area contributed by atoms with E-state index in [2.05, 4.69) is 20.4 Å². The molecule has 0 fully saturated rings. The summed E-state index contributed by atoms with van der Waals surface area (Å²) in [5, 5.41) is 5.98. The van der Waals surface area contributed by atoms with Crippen molar-refractivity contribution in [3.63, 3.8) is 0 Å². The Balaban J connectivity index is 0.00000338. The van der Waals surface area contributed by atoms with Crippen LogP contribution < -0.4 is 10.6 Å². The van der Waals surface area contributed by atoms with E-state index in [9.17, 15) is 13.6 Å². The van der Waals surface area contributed by atoms with Gasteiger partial charge in [-0.05, 0) is 35.9 Å². The lowest BCUT2D eigenvalue weighted by atomic mass is 10.1. The first-order chi connectivity index (χ1) is 12.0. The van der Waals surface area contributed by atoms with Crippen LogP contribution in [0, 0.1) is 11.6 Å². The number of nitrogens with zero attached hydrogens (tertiary/aromatic N) is 1. The van der Waals surface area contributed by atoms with E-state index in [1.165, 1.54) is 7.11 Å². The van der Waals surface area contributed by atoms with E-state index in [0.717, 1.165) is 23.8 Å². The third kappa shape index (κ3) is 6.25. The molecule has 140 valence electrons. The molecule has 0 aliphatic carbocycles. The normalized spacial score (nSPS) is 10.7. The van der Waals surface area contributed by atoms with Gasteiger partial charge in [-0.2, -0.15) is 0 Å². The molecule has 0 amide bonds. The molecule has 0 unspecified atom stereocenters. The summed E-state index contributed by atoms with van der Waals surface area (Å²) in [7, 11) is 2.91. The molecule has 0 aliphatic heterocycles. The van der Waals surface area contributed by atoms with Gasteiger partial charge in [-0.15, -0.1) is 24.0 Å². The van der Waals surface area contributed by atoms with Crippen molar-refractivity contribution in [2.24, 2.45) is 4.99 Å². The summed E-state index contributed by atoms with van der Waals surface area (Å²) in [6.07, 6.45) is 0. The number of carbonyl (C=O) groups is 1. The fraction of sp³-hybridized carbons (Fsp3) is 0.222. The second kappa shape index (κ2) is 10.7. The van der Waals surface area contributed by atoms with Gasteiger partial charge in [-0.3, -0.25) is 4.99 Å². The summed E-state index contributed by atoms with van der Waals surface area (Å²) >= 11 is 0. The number of hydrogen-bond acceptors (Lipinski definition) is 3. The van der Waals surface area contributed by atoms with Crippen molar-refractivity contribution in [3.8, 4) is 0 Å². The minimum Gasteiger partial charge on any atom is -0.465 e. The smallest absolute Gasteiger partial charge is 0.337 e. The van der Waals surface area contributed by atoms with Gasteiger partial charge in [0.2, 0.25) is 0 Å². The Morgan fingerprint density at radius 1 is 1.08 bits per heavy atom. The van der Waals surface area contributed by atoms with Crippen molar-refractivity contribution in [3.05, 3.63) is 70.8 Å². The van der Waals surface area contributed by atoms with Crippen molar-refractivity contribution in [1.82, 2.24) is 10.6 Å². The van der Waals surface area contributed by atoms with Gasteiger partial charge >= 0.3 is 5.97 Å². The van der Waals surface area contributed by atoms with Gasteiger partial charge < -0.3 is 15.4 Å². The van der Waals surface area contributed by atoms with Crippen molar-refractivity contribution < 1.29 is 18.3 Å². The molecule has 0 radical (unpaired) electrons. The van der Waals surface area contributed by atoms with Crippen molar-refractivity contribution in [2.45, 2.75) is 13.1 Å². The van der Waals surface area contributed by atoms with Crippen LogP contribution in [0.25, 0.3) is 0 Å². The molecule has 0 heterocycles. The molecular formula is C18H20F2IN3O2. The predicted octanol–water partition coefficient (Wildman–Crippen LogP) is 3.23. The van der Waals surface area contributed by atoms with E-state index in [1.54, 1.807) is 31.3 Å². The number of aliphatic imine (C=N–C) groups is 1. The van der Waals surface area contributed by atoms with Gasteiger partial charge in [0.15, 0.2) is 5.96 Å². The molecular weight excluding hydrogens is 455 g/mol. The molecule has 2 aromatic carbocycles. The van der Waals surface area contributed by atoms with Crippen LogP contribution in [0.4, 0.5) is 8.78 Å². The van der Waals surface area contributed by atoms with Gasteiger partial charge in [-0.1, -0.05) is 12.1 Å². The van der Waals surface area contributed by atoms with Crippen molar-refractivity contribution in [1.29, 1.82) is 0 Å². The summed E-state index contributed by atoms with van der Waals surface area (Å²) in [6, 6.07) is 10.2. The maximum atomic E-state index is 13.6. The minimum absolute atomic E-state index is 0. The Labute approximate surface area is 167 Å². The Bertz CT molecular complexity index is 768. The van der Waals surface area contributed by atoms with Crippen LogP contribution in [-0.2, 0) is 17.8 Å². The topological polar surface area (TPSA) is 62.7 Å². The van der Waals surface area contributed by atoms with Crippen LogP contribution >= 0.6 is 24.0 Å². The lowest BCUT2D eigenvalue weighted by molar-refractivity contribution is 0.0600. The summed E-state index contributed by atoms with van der Waals surface area (Å²) < 4.78 is 31.4. The van der Waals surface area contributed by atoms with Crippen LogP contribution in [0.3, 0.4) is 0 Å². The SMILES string of the molecule is CN=C(NCc1ccc(C(=O)OC)cc1)NCc1cc(F)ccc1F.I. The second-order valence-electron chi connectivity index (χ2n) is 5.20. The molecule has 2 rings (SSSR count). The Hall–Kier alpha value is -2.23. The number of esters is 1. The summed E-state index contributed by atoms with van der Waals surface area (Å²) in [4.78, 5) is 15.4. The molecule has 0 atom stereocenters. The maximum Gasteiger partial charge on any atom is 0.337 e. The van der Waals surface area contributed by atoms with Crippen LogP contribution in [0.15, 0.2) is 47.5 Å². The molecule has 2 aromatic rings. The van der Waals surface area contributed by atoms with Crippen molar-refractivity contribution >= 4 is 35.9 Å². The monoisotopic (exact) mass is 475 g/mol. The third-order valence-corrected chi connectivity index (χ3v) is 3.51. The fourth-order valence-electron chi connectivity index (χ4n) is 2.14. The first-order valence-corrected chi connectivity index (χ1v) is 7.59. The zero-order chi connectivity index (χ0) is 18.2. The average Bonchev–Trinajstić information content (AvgIpc) is 2.64. The molecule has 0 aromatic heterocycles. The van der Waals surface area contributed by atoms with Crippen molar-refractivity contribution in [2.75, 3.05) is 14.2 Å². The van der Waals surface area contributed by atoms with Crippen LogP contribution in [0.1, 0.15) is 21.5 Å². The number of benzene rings is 2. The zero-order valence-corrected chi connectivity index (χ0v) is 16.7. The van der Waals surface area contributed by atoms with Gasteiger partial charge in [0.1, 0.15) is 11.6 Å². The molecule has 0 spiro atoms. The van der Waals surface area contributed by atoms with Gasteiger partial charge in [0, 0.05) is 25.7 Å². The van der Waals surface area contributed by atoms with Crippen LogP contribution in [0.5, 0.6) is 0 Å². The average molecular weight is 475 g/mol. The molecule has 0 aliphatic rings. The summed E-state index contributed by atoms with van der Waals surface area (Å²) in [5.41, 5.74) is 1.60. The molecule has 0 saturated carbocycles. The quantitative estimate of drug-likeness (QED) is 0.302. The number of rotatable bonds is 5. The largest absolute Gasteiger partial charge is 0.465 e. The molecule has 0 bridgehead atoms.